The number of hydrogen-bond donors (Lipinski definition) is 0. The minimum absolute atomic E-state index is 0.226. The van der Waals surface area contributed by atoms with Crippen LogP contribution in [0.4, 0.5) is 0 Å². The zero-order valence-corrected chi connectivity index (χ0v) is 8.18. The first-order valence-electron chi connectivity index (χ1n) is 1.19. The van der Waals surface area contributed by atoms with E-state index < -0.39 is 0 Å². The van der Waals surface area contributed by atoms with Crippen LogP contribution in [0, 0.1) is 0 Å². The van der Waals surface area contributed by atoms with E-state index in [9.17, 15) is 0 Å². The van der Waals surface area contributed by atoms with Crippen LogP contribution in [-0.4, -0.2) is 27.2 Å². The van der Waals surface area contributed by atoms with Gasteiger partial charge in [-0.3, -0.25) is 27.2 Å². The van der Waals surface area contributed by atoms with Gasteiger partial charge in [-0.25, -0.2) is 0 Å². The van der Waals surface area contributed by atoms with E-state index in [4.69, 9.17) is 38.6 Å². The minimum atomic E-state index is -0.226. The van der Waals surface area contributed by atoms with E-state index in [2.05, 4.69) is 27.2 Å². The van der Waals surface area contributed by atoms with Gasteiger partial charge in [0.05, 0.1) is 0 Å². The van der Waals surface area contributed by atoms with Crippen molar-refractivity contribution in [1.82, 2.24) is 0 Å². The quantitative estimate of drug-likeness (QED) is 0.365. The first-order valence-corrected chi connectivity index (χ1v) is 5.41. The Hall–Kier alpha value is -0.117. The Bertz CT molecular complexity index is 35.3. The zero-order chi connectivity index (χ0) is 10.7. The summed E-state index contributed by atoms with van der Waals surface area (Å²) in [6.07, 6.45) is 0. The Morgan fingerprint density at radius 2 is 0.636 bits per heavy atom. The molecule has 71 valence electrons. The summed E-state index contributed by atoms with van der Waals surface area (Å²) in [6, 6.07) is 0. The van der Waals surface area contributed by atoms with Gasteiger partial charge in [-0.2, -0.15) is 0 Å². The Balaban J connectivity index is -0.0000000139. The van der Waals surface area contributed by atoms with Crippen molar-refractivity contribution in [3.63, 3.8) is 0 Å². The van der Waals surface area contributed by atoms with Gasteiger partial charge in [-0.1, -0.05) is 0 Å². The summed E-state index contributed by atoms with van der Waals surface area (Å²) in [6.45, 7) is 13.0. The van der Waals surface area contributed by atoms with Gasteiger partial charge < -0.3 is 19.2 Å². The molecule has 0 aliphatic carbocycles. The monoisotopic (exact) mass is 289 g/mol. The van der Waals surface area contributed by atoms with E-state index in [1.165, 1.54) is 0 Å². The second kappa shape index (κ2) is 999. The average Bonchev–Trinajstić information content (AvgIpc) is 2.18. The molecule has 0 aliphatic heterocycles. The summed E-state index contributed by atoms with van der Waals surface area (Å²) in [5, 5.41) is 0. The van der Waals surface area contributed by atoms with E-state index >= 15 is 0 Å². The van der Waals surface area contributed by atoms with Gasteiger partial charge in [-0.05, 0) is 0 Å². The Morgan fingerprint density at radius 3 is 0.636 bits per heavy atom. The molecule has 0 saturated heterocycles. The maximum absolute atomic E-state index is 7.75. The molecule has 0 unspecified atom stereocenters. The standard InChI is InChI=1S/4CHO.2ClH.Rh/c4*1-2;;;/h4*1H;2*1H;/q4*-1;;;+2/p-2. The van der Waals surface area contributed by atoms with E-state index in [1.54, 1.807) is 0 Å². The van der Waals surface area contributed by atoms with Crippen LogP contribution in [0.3, 0.4) is 0 Å². The molecule has 0 N–H and O–H groups in total. The van der Waals surface area contributed by atoms with Gasteiger partial charge in [0.1, 0.15) is 0 Å². The van der Waals surface area contributed by atoms with Crippen LogP contribution in [0.1, 0.15) is 0 Å². The molecule has 0 aromatic heterocycles. The van der Waals surface area contributed by atoms with E-state index in [-0.39, 0.29) is 15.1 Å². The normalized spacial score (nSPS) is 3.45. The maximum atomic E-state index is 7.75. The summed E-state index contributed by atoms with van der Waals surface area (Å²) in [4.78, 5) is 31.0. The van der Waals surface area contributed by atoms with Crippen molar-refractivity contribution in [2.24, 2.45) is 0 Å². The average molecular weight is 290 g/mol. The molecule has 0 rings (SSSR count). The second-order valence-electron chi connectivity index (χ2n) is 0.0476. The third kappa shape index (κ3) is 45200. The number of rotatable bonds is 0. The molecule has 0 atom stereocenters. The molecular weight excluding hydrogens is 286 g/mol. The van der Waals surface area contributed by atoms with E-state index in [0.29, 0.717) is 0 Å². The molecule has 4 nitrogen and oxygen atoms in total. The molecule has 0 heterocycles. The van der Waals surface area contributed by atoms with Crippen LogP contribution in [0.25, 0.3) is 0 Å². The van der Waals surface area contributed by atoms with E-state index in [1.807, 2.05) is 0 Å². The summed E-state index contributed by atoms with van der Waals surface area (Å²) in [5.74, 6) is 0. The Labute approximate surface area is 80.9 Å². The topological polar surface area (TPSA) is 68.3 Å². The van der Waals surface area contributed by atoms with Gasteiger partial charge in [0.2, 0.25) is 0 Å². The molecule has 0 saturated carbocycles. The van der Waals surface area contributed by atoms with Crippen molar-refractivity contribution in [3.8, 4) is 0 Å². The fourth-order valence-electron chi connectivity index (χ4n) is 0. The third-order valence-corrected chi connectivity index (χ3v) is 0. The van der Waals surface area contributed by atoms with Crippen molar-refractivity contribution in [1.29, 1.82) is 0 Å². The fourth-order valence-corrected chi connectivity index (χ4v) is 0. The van der Waals surface area contributed by atoms with Crippen LogP contribution in [0.15, 0.2) is 0 Å². The first-order chi connectivity index (χ1) is 5.41. The Kier molecular flexibility index (Phi) is 2790. The summed E-state index contributed by atoms with van der Waals surface area (Å²) in [5.41, 5.74) is 0. The zero-order valence-electron chi connectivity index (χ0n) is 5.03. The second-order valence-corrected chi connectivity index (χ2v) is 2.54. The molecule has 0 bridgehead atoms. The van der Waals surface area contributed by atoms with Gasteiger partial charge in [0.25, 0.3) is 0 Å². The van der Waals surface area contributed by atoms with Crippen molar-refractivity contribution in [3.05, 3.63) is 0 Å². The summed E-state index contributed by atoms with van der Waals surface area (Å²) >= 11 is -0.226. The van der Waals surface area contributed by atoms with E-state index in [0.717, 1.165) is 0 Å². The predicted octanol–water partition coefficient (Wildman–Crippen LogP) is 0.280. The molecule has 0 aromatic rings. The molecular formula is C4H4Cl2O4Rh-4. The van der Waals surface area contributed by atoms with Crippen molar-refractivity contribution in [2.45, 2.75) is 0 Å². The predicted molar refractivity (Wildman–Crippen MR) is 38.7 cm³/mol. The van der Waals surface area contributed by atoms with Gasteiger partial charge in [0.15, 0.2) is 0 Å². The molecule has 0 aromatic carbocycles. The SMILES string of the molecule is [CH-]=O.[CH-]=O.[CH-]=O.[CH-]=O.[Cl][Rh][Cl]. The summed E-state index contributed by atoms with van der Waals surface area (Å²) < 4.78 is 0. The van der Waals surface area contributed by atoms with Gasteiger partial charge >= 0.3 is 34.5 Å². The Morgan fingerprint density at radius 1 is 0.636 bits per heavy atom. The van der Waals surface area contributed by atoms with Crippen molar-refractivity contribution < 1.29 is 34.3 Å². The molecule has 11 heavy (non-hydrogen) atoms. The molecule has 0 amide bonds. The van der Waals surface area contributed by atoms with Crippen LogP contribution in [0.2, 0.25) is 0 Å². The van der Waals surface area contributed by atoms with Crippen LogP contribution in [0.5, 0.6) is 0 Å². The van der Waals surface area contributed by atoms with Gasteiger partial charge in [-0.15, -0.1) is 0 Å². The number of halogens is 2. The van der Waals surface area contributed by atoms with Crippen LogP contribution in [-0.2, 0) is 34.3 Å². The van der Waals surface area contributed by atoms with Crippen molar-refractivity contribution >= 4 is 46.5 Å². The number of carbonyl (C=O) groups excluding carboxylic acids is 4. The van der Waals surface area contributed by atoms with Gasteiger partial charge in [0, 0.05) is 0 Å². The molecule has 7 heteroatoms. The molecule has 0 aliphatic rings. The van der Waals surface area contributed by atoms with Crippen molar-refractivity contribution in [2.75, 3.05) is 0 Å². The third-order valence-electron chi connectivity index (χ3n) is 0. The molecule has 0 fully saturated rings. The molecule has 0 radical (unpaired) electrons. The van der Waals surface area contributed by atoms with Crippen LogP contribution >= 0.6 is 19.4 Å². The fraction of sp³-hybridized carbons (Fsp3) is 0. The molecule has 0 spiro atoms. The van der Waals surface area contributed by atoms with Crippen LogP contribution < -0.4 is 0 Å². The summed E-state index contributed by atoms with van der Waals surface area (Å²) in [7, 11) is 9.67. The number of hydrogen-bond acceptors (Lipinski definition) is 4. The first kappa shape index (κ1) is 30.7.